The Morgan fingerprint density at radius 2 is 2.38 bits per heavy atom. The largest absolute Gasteiger partial charge is 0.461 e. The monoisotopic (exact) mass is 226 g/mol. The molecule has 1 fully saturated rings. The second kappa shape index (κ2) is 5.46. The van der Waals surface area contributed by atoms with Gasteiger partial charge >= 0.3 is 11.9 Å². The minimum absolute atomic E-state index is 0.0500. The molecular formula is C11H14O5. The van der Waals surface area contributed by atoms with Crippen LogP contribution in [0.4, 0.5) is 0 Å². The fourth-order valence-electron chi connectivity index (χ4n) is 1.45. The van der Waals surface area contributed by atoms with E-state index in [9.17, 15) is 9.59 Å². The van der Waals surface area contributed by atoms with Crippen LogP contribution < -0.4 is 0 Å². The lowest BCUT2D eigenvalue weighted by molar-refractivity contribution is -0.138. The molecule has 0 aromatic rings. The van der Waals surface area contributed by atoms with Gasteiger partial charge in [0.05, 0.1) is 5.57 Å². The molecule has 0 radical (unpaired) electrons. The van der Waals surface area contributed by atoms with E-state index < -0.39 is 11.9 Å². The van der Waals surface area contributed by atoms with E-state index in [0.29, 0.717) is 5.57 Å². The van der Waals surface area contributed by atoms with E-state index in [-0.39, 0.29) is 24.9 Å². The van der Waals surface area contributed by atoms with Gasteiger partial charge in [0, 0.05) is 20.0 Å². The summed E-state index contributed by atoms with van der Waals surface area (Å²) >= 11 is 0. The van der Waals surface area contributed by atoms with Crippen molar-refractivity contribution in [2.45, 2.75) is 6.92 Å². The van der Waals surface area contributed by atoms with Crippen LogP contribution >= 0.6 is 0 Å². The number of methoxy groups -OCH3 is 1. The summed E-state index contributed by atoms with van der Waals surface area (Å²) in [5, 5.41) is 0. The van der Waals surface area contributed by atoms with Crippen molar-refractivity contribution >= 4 is 11.9 Å². The van der Waals surface area contributed by atoms with Gasteiger partial charge in [-0.25, -0.2) is 4.79 Å². The molecule has 0 saturated carbocycles. The first-order chi connectivity index (χ1) is 7.60. The van der Waals surface area contributed by atoms with Crippen molar-refractivity contribution in [1.29, 1.82) is 0 Å². The van der Waals surface area contributed by atoms with Crippen LogP contribution in [0, 0.1) is 5.92 Å². The third-order valence-corrected chi connectivity index (χ3v) is 2.11. The van der Waals surface area contributed by atoms with Gasteiger partial charge in [0.15, 0.2) is 0 Å². The highest BCUT2D eigenvalue weighted by atomic mass is 16.6. The Morgan fingerprint density at radius 1 is 1.69 bits per heavy atom. The van der Waals surface area contributed by atoms with E-state index in [0.717, 1.165) is 0 Å². The number of rotatable bonds is 4. The van der Waals surface area contributed by atoms with Crippen LogP contribution in [-0.2, 0) is 23.8 Å². The van der Waals surface area contributed by atoms with Gasteiger partial charge in [0.25, 0.3) is 0 Å². The number of hydrogen-bond donors (Lipinski definition) is 0. The molecule has 0 aliphatic carbocycles. The lowest BCUT2D eigenvalue weighted by Crippen LogP contribution is -2.13. The Bertz CT molecular complexity index is 342. The Labute approximate surface area is 93.7 Å². The summed E-state index contributed by atoms with van der Waals surface area (Å²) < 4.78 is 14.7. The number of ether oxygens (including phenoxy) is 3. The molecule has 0 amide bonds. The number of hydrogen-bond acceptors (Lipinski definition) is 5. The zero-order chi connectivity index (χ0) is 12.1. The molecule has 1 saturated heterocycles. The van der Waals surface area contributed by atoms with Crippen molar-refractivity contribution in [2.24, 2.45) is 5.92 Å². The predicted octanol–water partition coefficient (Wildman–Crippen LogP) is 0.809. The lowest BCUT2D eigenvalue weighted by Gasteiger charge is -2.10. The Kier molecular flexibility index (Phi) is 4.25. The van der Waals surface area contributed by atoms with Crippen LogP contribution in [0.15, 0.2) is 24.0 Å². The molecule has 0 aromatic heterocycles. The molecule has 88 valence electrons. The number of cyclic esters (lactones) is 1. The van der Waals surface area contributed by atoms with Gasteiger partial charge in [-0.2, -0.15) is 0 Å². The van der Waals surface area contributed by atoms with Crippen molar-refractivity contribution in [2.75, 3.05) is 20.3 Å². The van der Waals surface area contributed by atoms with Crippen molar-refractivity contribution in [1.82, 2.24) is 0 Å². The van der Waals surface area contributed by atoms with Crippen LogP contribution in [0.1, 0.15) is 6.92 Å². The second-order valence-electron chi connectivity index (χ2n) is 3.30. The first kappa shape index (κ1) is 12.4. The van der Waals surface area contributed by atoms with Crippen LogP contribution in [0.3, 0.4) is 0 Å². The molecule has 5 nitrogen and oxygen atoms in total. The summed E-state index contributed by atoms with van der Waals surface area (Å²) in [4.78, 5) is 22.4. The highest BCUT2D eigenvalue weighted by Gasteiger charge is 2.33. The third-order valence-electron chi connectivity index (χ3n) is 2.11. The average molecular weight is 226 g/mol. The van der Waals surface area contributed by atoms with E-state index in [4.69, 9.17) is 14.2 Å². The average Bonchev–Trinajstić information content (AvgIpc) is 2.58. The van der Waals surface area contributed by atoms with Gasteiger partial charge in [-0.1, -0.05) is 6.08 Å². The number of esters is 2. The van der Waals surface area contributed by atoms with E-state index in [2.05, 4.69) is 6.58 Å². The maximum absolute atomic E-state index is 11.5. The normalized spacial score (nSPS) is 22.6. The maximum Gasteiger partial charge on any atom is 0.338 e. The fraction of sp³-hybridized carbons (Fsp3) is 0.455. The highest BCUT2D eigenvalue weighted by Crippen LogP contribution is 2.26. The summed E-state index contributed by atoms with van der Waals surface area (Å²) in [5.74, 6) is -1.04. The van der Waals surface area contributed by atoms with Gasteiger partial charge in [-0.3, -0.25) is 4.79 Å². The topological polar surface area (TPSA) is 61.8 Å². The Hall–Kier alpha value is -1.62. The zero-order valence-corrected chi connectivity index (χ0v) is 9.32. The smallest absolute Gasteiger partial charge is 0.338 e. The first-order valence-corrected chi connectivity index (χ1v) is 4.80. The first-order valence-electron chi connectivity index (χ1n) is 4.80. The van der Waals surface area contributed by atoms with Crippen LogP contribution in [0.2, 0.25) is 0 Å². The van der Waals surface area contributed by atoms with E-state index >= 15 is 0 Å². The lowest BCUT2D eigenvalue weighted by atomic mass is 10.0. The summed E-state index contributed by atoms with van der Waals surface area (Å²) in [6.45, 7) is 5.14. The molecular weight excluding hydrogens is 212 g/mol. The van der Waals surface area contributed by atoms with Gasteiger partial charge in [-0.15, -0.1) is 6.58 Å². The Balaban J connectivity index is 3.05. The minimum Gasteiger partial charge on any atom is -0.461 e. The van der Waals surface area contributed by atoms with Crippen LogP contribution in [0.5, 0.6) is 0 Å². The van der Waals surface area contributed by atoms with E-state index in [1.165, 1.54) is 14.0 Å². The van der Waals surface area contributed by atoms with Gasteiger partial charge in [-0.05, 0) is 0 Å². The fourth-order valence-corrected chi connectivity index (χ4v) is 1.45. The Morgan fingerprint density at radius 3 is 2.88 bits per heavy atom. The van der Waals surface area contributed by atoms with Crippen molar-refractivity contribution < 1.29 is 23.8 Å². The van der Waals surface area contributed by atoms with Gasteiger partial charge < -0.3 is 14.2 Å². The maximum atomic E-state index is 11.5. The molecule has 16 heavy (non-hydrogen) atoms. The molecule has 1 rings (SSSR count). The quantitative estimate of drug-likeness (QED) is 0.307. The SMILES string of the molecule is C=CC1COC(=O)/C1=C(/COC)OC(C)=O. The molecule has 0 aromatic carbocycles. The van der Waals surface area contributed by atoms with Crippen LogP contribution in [-0.4, -0.2) is 32.3 Å². The molecule has 1 aliphatic heterocycles. The van der Waals surface area contributed by atoms with Crippen molar-refractivity contribution in [3.8, 4) is 0 Å². The van der Waals surface area contributed by atoms with Crippen molar-refractivity contribution in [3.63, 3.8) is 0 Å². The van der Waals surface area contributed by atoms with Gasteiger partial charge in [0.2, 0.25) is 0 Å². The molecule has 1 heterocycles. The van der Waals surface area contributed by atoms with Gasteiger partial charge in [0.1, 0.15) is 19.0 Å². The summed E-state index contributed by atoms with van der Waals surface area (Å²) in [7, 11) is 1.45. The summed E-state index contributed by atoms with van der Waals surface area (Å²) in [6, 6.07) is 0. The molecule has 0 N–H and O–H groups in total. The predicted molar refractivity (Wildman–Crippen MR) is 55.3 cm³/mol. The summed E-state index contributed by atoms with van der Waals surface area (Å²) in [5.41, 5.74) is 0.312. The molecule has 0 bridgehead atoms. The molecule has 5 heteroatoms. The highest BCUT2D eigenvalue weighted by molar-refractivity contribution is 5.92. The molecule has 1 aliphatic rings. The molecule has 1 atom stereocenters. The number of carbonyl (C=O) groups excluding carboxylic acids is 2. The standard InChI is InChI=1S/C11H14O5/c1-4-8-5-15-11(13)10(8)9(6-14-3)16-7(2)12/h4,8H,1,5-6H2,2-3H3/b10-9-. The second-order valence-corrected chi connectivity index (χ2v) is 3.30. The minimum atomic E-state index is -0.498. The zero-order valence-electron chi connectivity index (χ0n) is 9.32. The molecule has 1 unspecified atom stereocenters. The van der Waals surface area contributed by atoms with Crippen molar-refractivity contribution in [3.05, 3.63) is 24.0 Å². The number of carbonyl (C=O) groups is 2. The van der Waals surface area contributed by atoms with Crippen LogP contribution in [0.25, 0.3) is 0 Å². The van der Waals surface area contributed by atoms with E-state index in [1.54, 1.807) is 6.08 Å². The summed E-state index contributed by atoms with van der Waals surface area (Å²) in [6.07, 6.45) is 1.58. The third kappa shape index (κ3) is 2.70. The molecule has 0 spiro atoms. The van der Waals surface area contributed by atoms with E-state index in [1.807, 2.05) is 0 Å².